The monoisotopic (exact) mass is 311 g/mol. The summed E-state index contributed by atoms with van der Waals surface area (Å²) in [5.41, 5.74) is 0. The van der Waals surface area contributed by atoms with E-state index in [1.54, 1.807) is 13.8 Å². The largest absolute Gasteiger partial charge is 3.00 e. The van der Waals surface area contributed by atoms with Crippen LogP contribution in [0.3, 0.4) is 0 Å². The zero-order valence-electron chi connectivity index (χ0n) is 4.91. The van der Waals surface area contributed by atoms with E-state index in [1.807, 2.05) is 0 Å². The molecule has 0 aromatic carbocycles. The molecule has 0 aliphatic carbocycles. The van der Waals surface area contributed by atoms with Crippen molar-refractivity contribution >= 4 is 0 Å². The second kappa shape index (κ2) is 140. The fourth-order valence-electron chi connectivity index (χ4n) is 0. The van der Waals surface area contributed by atoms with Gasteiger partial charge in [0.2, 0.25) is 0 Å². The van der Waals surface area contributed by atoms with Gasteiger partial charge < -0.3 is 21.3 Å². The molecule has 0 nitrogen and oxygen atoms in total. The van der Waals surface area contributed by atoms with Crippen LogP contribution in [0.2, 0.25) is 0 Å². The van der Waals surface area contributed by atoms with Gasteiger partial charge in [0.1, 0.15) is 0 Å². The van der Waals surface area contributed by atoms with Crippen molar-refractivity contribution in [2.45, 2.75) is 13.8 Å². The maximum atomic E-state index is 3.25. The van der Waals surface area contributed by atoms with E-state index in [1.165, 1.54) is 0 Å². The van der Waals surface area contributed by atoms with Gasteiger partial charge in [0.25, 0.3) is 0 Å². The Morgan fingerprint density at radius 1 is 0.833 bits per heavy atom. The van der Waals surface area contributed by atoms with Crippen LogP contribution in [0, 0.1) is 52.4 Å². The topological polar surface area (TPSA) is 0 Å². The Kier molecular flexibility index (Phi) is 645. The summed E-state index contributed by atoms with van der Waals surface area (Å²) in [5.74, 6) is 0. The Balaban J connectivity index is -0.00000000500. The number of hydrogen-bond acceptors (Lipinski definition) is 0. The third-order valence-electron chi connectivity index (χ3n) is 0. The molecule has 0 aromatic heterocycles. The van der Waals surface area contributed by atoms with Gasteiger partial charge in [-0.3, -0.25) is 0 Å². The van der Waals surface area contributed by atoms with E-state index in [0.29, 0.717) is 0 Å². The summed E-state index contributed by atoms with van der Waals surface area (Å²) in [6.07, 6.45) is 0. The fraction of sp³-hybridized carbons (Fsp3) is 0.400. The van der Waals surface area contributed by atoms with Gasteiger partial charge in [-0.2, -0.15) is 13.8 Å². The Morgan fingerprint density at radius 2 is 0.833 bits per heavy atom. The van der Waals surface area contributed by atoms with Crippen molar-refractivity contribution in [3.63, 3.8) is 0 Å². The average molecular weight is 311 g/mol. The van der Waals surface area contributed by atoms with Gasteiger partial charge in [-0.15, -0.1) is 0 Å². The second-order valence-corrected chi connectivity index (χ2v) is 0. The molecular weight excluding hydrogens is 298 g/mol. The molecule has 37 valence electrons. The first kappa shape index (κ1) is 27.7. The normalized spacial score (nSPS) is 2.00. The SMILES string of the molecule is [CH2-]C.[CH2-]C.[CH3-].[U+3]. The molecule has 0 spiro atoms. The quantitative estimate of drug-likeness (QED) is 0.601. The summed E-state index contributed by atoms with van der Waals surface area (Å²) in [6.45, 7) is 10.0. The Bertz CT molecular complexity index is 3.90. The Hall–Kier alpha value is 1.05. The van der Waals surface area contributed by atoms with Crippen LogP contribution in [-0.4, -0.2) is 0 Å². The van der Waals surface area contributed by atoms with Crippen molar-refractivity contribution in [3.8, 4) is 0 Å². The van der Waals surface area contributed by atoms with Crippen LogP contribution in [0.1, 0.15) is 13.8 Å². The maximum absolute atomic E-state index is 3.25. The van der Waals surface area contributed by atoms with Gasteiger partial charge in [-0.05, 0) is 0 Å². The second-order valence-electron chi connectivity index (χ2n) is 0. The summed E-state index contributed by atoms with van der Waals surface area (Å²) in [5, 5.41) is 0. The van der Waals surface area contributed by atoms with E-state index < -0.39 is 0 Å². The van der Waals surface area contributed by atoms with E-state index in [2.05, 4.69) is 13.8 Å². The van der Waals surface area contributed by atoms with Crippen LogP contribution in [0.15, 0.2) is 0 Å². The van der Waals surface area contributed by atoms with Gasteiger partial charge in [0.05, 0.1) is 0 Å². The minimum Gasteiger partial charge on any atom is -0.358 e. The molecule has 1 heteroatoms. The van der Waals surface area contributed by atoms with Gasteiger partial charge in [-0.25, -0.2) is 0 Å². The molecule has 0 saturated heterocycles. The first-order valence-corrected chi connectivity index (χ1v) is 1.41. The molecule has 0 rings (SSSR count). The molecule has 0 N–H and O–H groups in total. The Morgan fingerprint density at radius 3 is 0.833 bits per heavy atom. The molecular formula is C5H13U. The summed E-state index contributed by atoms with van der Waals surface area (Å²) in [6, 6.07) is 0. The predicted molar refractivity (Wildman–Crippen MR) is 28.5 cm³/mol. The summed E-state index contributed by atoms with van der Waals surface area (Å²) < 4.78 is 0. The van der Waals surface area contributed by atoms with Crippen molar-refractivity contribution in [1.82, 2.24) is 0 Å². The van der Waals surface area contributed by atoms with Crippen molar-refractivity contribution in [2.24, 2.45) is 0 Å². The maximum Gasteiger partial charge on any atom is 3.00 e. The fourth-order valence-corrected chi connectivity index (χ4v) is 0. The van der Waals surface area contributed by atoms with Crippen LogP contribution in [0.25, 0.3) is 0 Å². The molecule has 0 saturated carbocycles. The minimum absolute atomic E-state index is 0. The van der Waals surface area contributed by atoms with Gasteiger partial charge >= 0.3 is 31.1 Å². The molecule has 0 bridgehead atoms. The first-order valence-electron chi connectivity index (χ1n) is 1.41. The van der Waals surface area contributed by atoms with E-state index in [-0.39, 0.29) is 38.5 Å². The number of hydrogen-bond donors (Lipinski definition) is 0. The van der Waals surface area contributed by atoms with E-state index in [0.717, 1.165) is 0 Å². The average Bonchev–Trinajstić information content (AvgIpc) is 1.50. The third kappa shape index (κ3) is 75.0. The minimum atomic E-state index is 0. The summed E-state index contributed by atoms with van der Waals surface area (Å²) in [7, 11) is 0. The molecule has 0 aliphatic rings. The van der Waals surface area contributed by atoms with Crippen LogP contribution in [0.5, 0.6) is 0 Å². The molecule has 0 fully saturated rings. The van der Waals surface area contributed by atoms with Crippen molar-refractivity contribution in [3.05, 3.63) is 21.3 Å². The van der Waals surface area contributed by atoms with Gasteiger partial charge in [-0.1, -0.05) is 0 Å². The van der Waals surface area contributed by atoms with Crippen LogP contribution < -0.4 is 0 Å². The van der Waals surface area contributed by atoms with Gasteiger partial charge in [0, 0.05) is 0 Å². The molecule has 0 amide bonds. The predicted octanol–water partition coefficient (Wildman–Crippen LogP) is 2.13. The first-order chi connectivity index (χ1) is 2.00. The standard InChI is InChI=1S/2C2H5.CH3.U/c2*1-2;;/h2*1H2,2H3;1H3;/q3*-1;+3. The molecule has 0 heterocycles. The van der Waals surface area contributed by atoms with Crippen LogP contribution >= 0.6 is 0 Å². The van der Waals surface area contributed by atoms with Crippen molar-refractivity contribution < 1.29 is 31.1 Å². The molecule has 0 unspecified atom stereocenters. The molecule has 6 heavy (non-hydrogen) atoms. The summed E-state index contributed by atoms with van der Waals surface area (Å²) >= 11 is 0. The Labute approximate surface area is 66.1 Å². The summed E-state index contributed by atoms with van der Waals surface area (Å²) in [4.78, 5) is 0. The van der Waals surface area contributed by atoms with Crippen LogP contribution in [-0.2, 0) is 0 Å². The molecule has 0 aromatic rings. The molecule has 0 aliphatic heterocycles. The molecule has 0 atom stereocenters. The zero-order valence-corrected chi connectivity index (χ0v) is 9.08. The van der Waals surface area contributed by atoms with E-state index >= 15 is 0 Å². The van der Waals surface area contributed by atoms with Crippen LogP contribution in [0.4, 0.5) is 0 Å². The van der Waals surface area contributed by atoms with Crippen molar-refractivity contribution in [2.75, 3.05) is 0 Å². The van der Waals surface area contributed by atoms with Gasteiger partial charge in [0.15, 0.2) is 0 Å². The third-order valence-corrected chi connectivity index (χ3v) is 0. The molecule has 1 radical (unpaired) electrons. The smallest absolute Gasteiger partial charge is 0.358 e. The van der Waals surface area contributed by atoms with E-state index in [9.17, 15) is 0 Å². The van der Waals surface area contributed by atoms with Crippen molar-refractivity contribution in [1.29, 1.82) is 0 Å². The zero-order chi connectivity index (χ0) is 4.00. The number of rotatable bonds is 0. The van der Waals surface area contributed by atoms with E-state index in [4.69, 9.17) is 0 Å².